The summed E-state index contributed by atoms with van der Waals surface area (Å²) in [5, 5.41) is 1.03. The van der Waals surface area contributed by atoms with Gasteiger partial charge in [0.2, 0.25) is 0 Å². The van der Waals surface area contributed by atoms with Crippen molar-refractivity contribution < 1.29 is 4.74 Å². The predicted molar refractivity (Wildman–Crippen MR) is 78.2 cm³/mol. The number of nitrogens with one attached hydrogen (secondary N) is 1. The van der Waals surface area contributed by atoms with E-state index in [2.05, 4.69) is 10.4 Å². The quantitative estimate of drug-likeness (QED) is 0.651. The molecule has 4 nitrogen and oxygen atoms in total. The maximum atomic E-state index is 5.71. The molecule has 0 fully saturated rings. The summed E-state index contributed by atoms with van der Waals surface area (Å²) >= 11 is 1.64. The number of nitrogens with two attached hydrogens (primary N) is 1. The first-order chi connectivity index (χ1) is 9.10. The van der Waals surface area contributed by atoms with Crippen LogP contribution in [0.2, 0.25) is 0 Å². The van der Waals surface area contributed by atoms with Crippen LogP contribution >= 0.6 is 11.3 Å². The maximum absolute atomic E-state index is 5.71. The number of hydrogen-bond donors (Lipinski definition) is 2. The Kier molecular flexibility index (Phi) is 4.52. The molecule has 1 aromatic heterocycles. The Morgan fingerprint density at radius 1 is 1.37 bits per heavy atom. The number of nitrogens with zero attached hydrogens (tertiary/aromatic N) is 1. The van der Waals surface area contributed by atoms with Gasteiger partial charge in [-0.2, -0.15) is 0 Å². The van der Waals surface area contributed by atoms with E-state index in [1.807, 2.05) is 51.2 Å². The molecule has 0 saturated carbocycles. The molecule has 1 atom stereocenters. The van der Waals surface area contributed by atoms with Crippen LogP contribution < -0.4 is 16.0 Å². The maximum Gasteiger partial charge on any atom is 0.120 e. The van der Waals surface area contributed by atoms with E-state index in [1.54, 1.807) is 11.3 Å². The van der Waals surface area contributed by atoms with Crippen LogP contribution in [0.4, 0.5) is 0 Å². The summed E-state index contributed by atoms with van der Waals surface area (Å²) in [6, 6.07) is 7.93. The SMILES string of the molecule is Cc1ncc(C(NN)c2cccc(OC(C)C)c2)s1. The van der Waals surface area contributed by atoms with E-state index < -0.39 is 0 Å². The number of aryl methyl sites for hydroxylation is 1. The summed E-state index contributed by atoms with van der Waals surface area (Å²) in [7, 11) is 0. The first-order valence-corrected chi connectivity index (χ1v) is 7.07. The Morgan fingerprint density at radius 2 is 2.16 bits per heavy atom. The average molecular weight is 277 g/mol. The highest BCUT2D eigenvalue weighted by atomic mass is 32.1. The second-order valence-electron chi connectivity index (χ2n) is 4.62. The van der Waals surface area contributed by atoms with E-state index >= 15 is 0 Å². The molecule has 0 aliphatic heterocycles. The molecule has 0 saturated heterocycles. The zero-order valence-electron chi connectivity index (χ0n) is 11.4. The predicted octanol–water partition coefficient (Wildman–Crippen LogP) is 2.79. The van der Waals surface area contributed by atoms with Crippen molar-refractivity contribution in [2.24, 2.45) is 5.84 Å². The topological polar surface area (TPSA) is 60.2 Å². The van der Waals surface area contributed by atoms with Gasteiger partial charge in [0.15, 0.2) is 0 Å². The molecule has 0 aliphatic rings. The fourth-order valence-electron chi connectivity index (χ4n) is 1.89. The monoisotopic (exact) mass is 277 g/mol. The third-order valence-electron chi connectivity index (χ3n) is 2.65. The number of rotatable bonds is 5. The molecule has 0 radical (unpaired) electrons. The van der Waals surface area contributed by atoms with Crippen LogP contribution in [0.25, 0.3) is 0 Å². The van der Waals surface area contributed by atoms with E-state index in [1.165, 1.54) is 0 Å². The zero-order valence-corrected chi connectivity index (χ0v) is 12.2. The number of hydrazine groups is 1. The van der Waals surface area contributed by atoms with Crippen molar-refractivity contribution in [3.63, 3.8) is 0 Å². The molecule has 0 spiro atoms. The lowest BCUT2D eigenvalue weighted by Gasteiger charge is -2.16. The Morgan fingerprint density at radius 3 is 2.74 bits per heavy atom. The van der Waals surface area contributed by atoms with Gasteiger partial charge in [-0.05, 0) is 38.5 Å². The molecule has 2 aromatic rings. The van der Waals surface area contributed by atoms with Gasteiger partial charge in [0.05, 0.1) is 17.2 Å². The lowest BCUT2D eigenvalue weighted by molar-refractivity contribution is 0.242. The highest BCUT2D eigenvalue weighted by molar-refractivity contribution is 7.11. The molecular formula is C14H19N3OS. The van der Waals surface area contributed by atoms with Crippen molar-refractivity contribution >= 4 is 11.3 Å². The minimum atomic E-state index is -0.0538. The summed E-state index contributed by atoms with van der Waals surface area (Å²) in [6.07, 6.45) is 2.02. The lowest BCUT2D eigenvalue weighted by atomic mass is 10.1. The van der Waals surface area contributed by atoms with Gasteiger partial charge in [-0.15, -0.1) is 11.3 Å². The summed E-state index contributed by atoms with van der Waals surface area (Å²) in [4.78, 5) is 5.37. The van der Waals surface area contributed by atoms with E-state index in [9.17, 15) is 0 Å². The fourth-order valence-corrected chi connectivity index (χ4v) is 2.77. The molecule has 5 heteroatoms. The van der Waals surface area contributed by atoms with Crippen LogP contribution in [0, 0.1) is 6.92 Å². The fraction of sp³-hybridized carbons (Fsp3) is 0.357. The van der Waals surface area contributed by atoms with E-state index in [0.29, 0.717) is 0 Å². The van der Waals surface area contributed by atoms with E-state index in [4.69, 9.17) is 10.6 Å². The van der Waals surface area contributed by atoms with Crippen LogP contribution in [-0.4, -0.2) is 11.1 Å². The molecular weight excluding hydrogens is 258 g/mol. The summed E-state index contributed by atoms with van der Waals surface area (Å²) in [5.41, 5.74) is 3.92. The molecule has 0 amide bonds. The minimum absolute atomic E-state index is 0.0538. The molecule has 3 N–H and O–H groups in total. The van der Waals surface area contributed by atoms with Crippen LogP contribution in [-0.2, 0) is 0 Å². The van der Waals surface area contributed by atoms with Crippen LogP contribution in [0.3, 0.4) is 0 Å². The van der Waals surface area contributed by atoms with Gasteiger partial charge >= 0.3 is 0 Å². The van der Waals surface area contributed by atoms with E-state index in [-0.39, 0.29) is 12.1 Å². The van der Waals surface area contributed by atoms with Crippen LogP contribution in [0.15, 0.2) is 30.5 Å². The first kappa shape index (κ1) is 14.0. The van der Waals surface area contributed by atoms with Gasteiger partial charge in [0, 0.05) is 11.1 Å². The number of benzene rings is 1. The normalized spacial score (nSPS) is 12.7. The second kappa shape index (κ2) is 6.14. The van der Waals surface area contributed by atoms with Gasteiger partial charge in [-0.1, -0.05) is 12.1 Å². The first-order valence-electron chi connectivity index (χ1n) is 6.25. The number of aromatic nitrogens is 1. The largest absolute Gasteiger partial charge is 0.491 e. The van der Waals surface area contributed by atoms with Gasteiger partial charge in [-0.25, -0.2) is 10.4 Å². The molecule has 1 unspecified atom stereocenters. The van der Waals surface area contributed by atoms with Crippen molar-refractivity contribution in [3.05, 3.63) is 45.9 Å². The third kappa shape index (κ3) is 3.53. The molecule has 19 heavy (non-hydrogen) atoms. The zero-order chi connectivity index (χ0) is 13.8. The summed E-state index contributed by atoms with van der Waals surface area (Å²) in [5.74, 6) is 6.54. The van der Waals surface area contributed by atoms with Gasteiger partial charge in [0.1, 0.15) is 5.75 Å². The van der Waals surface area contributed by atoms with Crippen molar-refractivity contribution in [2.45, 2.75) is 32.9 Å². The minimum Gasteiger partial charge on any atom is -0.491 e. The number of hydrogen-bond acceptors (Lipinski definition) is 5. The Labute approximate surface area is 117 Å². The number of ether oxygens (including phenoxy) is 1. The molecule has 2 rings (SSSR count). The molecule has 0 aliphatic carbocycles. The third-order valence-corrected chi connectivity index (χ3v) is 3.63. The number of thiazole rings is 1. The second-order valence-corrected chi connectivity index (χ2v) is 5.89. The summed E-state index contributed by atoms with van der Waals surface area (Å²) < 4.78 is 5.71. The van der Waals surface area contributed by atoms with E-state index in [0.717, 1.165) is 21.2 Å². The van der Waals surface area contributed by atoms with Gasteiger partial charge in [0.25, 0.3) is 0 Å². The van der Waals surface area contributed by atoms with Crippen molar-refractivity contribution in [1.29, 1.82) is 0 Å². The Balaban J connectivity index is 2.28. The Bertz CT molecular complexity index is 539. The highest BCUT2D eigenvalue weighted by Gasteiger charge is 2.15. The molecule has 102 valence electrons. The van der Waals surface area contributed by atoms with Crippen LogP contribution in [0.1, 0.15) is 35.3 Å². The van der Waals surface area contributed by atoms with Crippen molar-refractivity contribution in [3.8, 4) is 5.75 Å². The lowest BCUT2D eigenvalue weighted by Crippen LogP contribution is -2.28. The van der Waals surface area contributed by atoms with Crippen molar-refractivity contribution in [2.75, 3.05) is 0 Å². The molecule has 0 bridgehead atoms. The standard InChI is InChI=1S/C14H19N3OS/c1-9(2)18-12-6-4-5-11(7-12)14(17-15)13-8-16-10(3)19-13/h4-9,14,17H,15H2,1-3H3. The van der Waals surface area contributed by atoms with Gasteiger partial charge < -0.3 is 4.74 Å². The van der Waals surface area contributed by atoms with Crippen LogP contribution in [0.5, 0.6) is 5.75 Å². The molecule has 1 aromatic carbocycles. The average Bonchev–Trinajstić information content (AvgIpc) is 2.76. The molecule has 1 heterocycles. The Hall–Kier alpha value is -1.43. The van der Waals surface area contributed by atoms with Gasteiger partial charge in [-0.3, -0.25) is 5.84 Å². The van der Waals surface area contributed by atoms with Crippen molar-refractivity contribution in [1.82, 2.24) is 10.4 Å². The highest BCUT2D eigenvalue weighted by Crippen LogP contribution is 2.28. The summed E-state index contributed by atoms with van der Waals surface area (Å²) in [6.45, 7) is 6.01. The smallest absolute Gasteiger partial charge is 0.120 e.